The van der Waals surface area contributed by atoms with Crippen molar-refractivity contribution in [3.8, 4) is 22.5 Å². The minimum atomic E-state index is -4.66. The number of Topliss-reactive ketones (excluding diaryl/α,β-unsaturated/α-hetero) is 2. The van der Waals surface area contributed by atoms with Crippen molar-refractivity contribution in [3.63, 3.8) is 0 Å². The summed E-state index contributed by atoms with van der Waals surface area (Å²) < 4.78 is 45.5. The molecule has 0 unspecified atom stereocenters. The van der Waals surface area contributed by atoms with E-state index in [-0.39, 0.29) is 28.1 Å². The van der Waals surface area contributed by atoms with E-state index < -0.39 is 23.3 Å². The van der Waals surface area contributed by atoms with Crippen LogP contribution in [0.2, 0.25) is 0 Å². The predicted molar refractivity (Wildman–Crippen MR) is 105 cm³/mol. The van der Waals surface area contributed by atoms with Crippen molar-refractivity contribution in [2.45, 2.75) is 6.18 Å². The van der Waals surface area contributed by atoms with Crippen LogP contribution in [0.3, 0.4) is 0 Å². The van der Waals surface area contributed by atoms with Gasteiger partial charge in [-0.05, 0) is 36.4 Å². The van der Waals surface area contributed by atoms with Gasteiger partial charge in [0.1, 0.15) is 0 Å². The zero-order chi connectivity index (χ0) is 22.0. The third-order valence-electron chi connectivity index (χ3n) is 4.59. The fourth-order valence-electron chi connectivity index (χ4n) is 3.20. The maximum absolute atomic E-state index is 13.5. The predicted octanol–water partition coefficient (Wildman–Crippen LogP) is 5.49. The number of pyridine rings is 2. The van der Waals surface area contributed by atoms with E-state index in [0.717, 1.165) is 6.07 Å². The molecule has 4 aromatic rings. The molecule has 5 nitrogen and oxygen atoms in total. The summed E-state index contributed by atoms with van der Waals surface area (Å²) in [6.45, 7) is 0. The van der Waals surface area contributed by atoms with Gasteiger partial charge in [-0.2, -0.15) is 13.2 Å². The zero-order valence-electron chi connectivity index (χ0n) is 15.8. The molecular weight excluding hydrogens is 409 g/mol. The first-order valence-electron chi connectivity index (χ1n) is 9.06. The second-order valence-corrected chi connectivity index (χ2v) is 6.51. The van der Waals surface area contributed by atoms with E-state index in [1.165, 1.54) is 67.4 Å². The number of furan rings is 1. The molecule has 0 amide bonds. The molecule has 0 spiro atoms. The highest BCUT2D eigenvalue weighted by Gasteiger charge is 2.35. The van der Waals surface area contributed by atoms with Crippen LogP contribution in [0.5, 0.6) is 0 Å². The molecule has 0 N–H and O–H groups in total. The van der Waals surface area contributed by atoms with Crippen LogP contribution in [0.4, 0.5) is 13.2 Å². The number of hydrogen-bond acceptors (Lipinski definition) is 5. The highest BCUT2D eigenvalue weighted by molar-refractivity contribution is 6.50. The third kappa shape index (κ3) is 3.87. The molecule has 0 aliphatic carbocycles. The number of rotatable bonds is 5. The summed E-state index contributed by atoms with van der Waals surface area (Å²) in [7, 11) is 0. The van der Waals surface area contributed by atoms with Crippen molar-refractivity contribution >= 4 is 11.6 Å². The standard InChI is InChI=1S/C23H13F3N2O3/c24-23(25,26)18-8-2-1-5-15(18)20-17(7-4-11-28-20)22(30)21(29)16-6-3-10-27-19(16)14-9-12-31-13-14/h1-13H. The minimum absolute atomic E-state index is 0.00723. The Hall–Kier alpha value is -4.07. The van der Waals surface area contributed by atoms with Crippen LogP contribution >= 0.6 is 0 Å². The summed E-state index contributed by atoms with van der Waals surface area (Å²) in [4.78, 5) is 34.3. The van der Waals surface area contributed by atoms with Gasteiger partial charge in [0.05, 0.1) is 40.6 Å². The number of aromatic nitrogens is 2. The second-order valence-electron chi connectivity index (χ2n) is 6.51. The average Bonchev–Trinajstić information content (AvgIpc) is 3.32. The lowest BCUT2D eigenvalue weighted by molar-refractivity contribution is -0.137. The Morgan fingerprint density at radius 1 is 0.774 bits per heavy atom. The van der Waals surface area contributed by atoms with Crippen LogP contribution in [0.25, 0.3) is 22.5 Å². The van der Waals surface area contributed by atoms with E-state index >= 15 is 0 Å². The molecule has 0 aliphatic heterocycles. The highest BCUT2D eigenvalue weighted by atomic mass is 19.4. The zero-order valence-corrected chi connectivity index (χ0v) is 15.8. The van der Waals surface area contributed by atoms with Gasteiger partial charge in [0.2, 0.25) is 11.6 Å². The molecule has 4 rings (SSSR count). The molecular formula is C23H13F3N2O3. The molecule has 0 radical (unpaired) electrons. The summed E-state index contributed by atoms with van der Waals surface area (Å²) in [5.41, 5.74) is -0.952. The molecule has 154 valence electrons. The molecule has 31 heavy (non-hydrogen) atoms. The van der Waals surface area contributed by atoms with Crippen LogP contribution in [0, 0.1) is 0 Å². The quantitative estimate of drug-likeness (QED) is 0.314. The lowest BCUT2D eigenvalue weighted by Crippen LogP contribution is -2.18. The van der Waals surface area contributed by atoms with Crippen molar-refractivity contribution in [3.05, 3.63) is 96.2 Å². The van der Waals surface area contributed by atoms with Crippen molar-refractivity contribution in [1.82, 2.24) is 9.97 Å². The van der Waals surface area contributed by atoms with Crippen molar-refractivity contribution in [1.29, 1.82) is 0 Å². The fraction of sp³-hybridized carbons (Fsp3) is 0.0435. The molecule has 8 heteroatoms. The van der Waals surface area contributed by atoms with E-state index in [2.05, 4.69) is 9.97 Å². The molecule has 3 heterocycles. The summed E-state index contributed by atoms with van der Waals surface area (Å²) in [5, 5.41) is 0. The highest BCUT2D eigenvalue weighted by Crippen LogP contribution is 2.37. The maximum atomic E-state index is 13.5. The van der Waals surface area contributed by atoms with Gasteiger partial charge in [-0.25, -0.2) is 0 Å². The second kappa shape index (κ2) is 7.98. The monoisotopic (exact) mass is 422 g/mol. The van der Waals surface area contributed by atoms with Gasteiger partial charge < -0.3 is 4.42 Å². The first-order valence-corrected chi connectivity index (χ1v) is 9.06. The topological polar surface area (TPSA) is 73.1 Å². The van der Waals surface area contributed by atoms with Gasteiger partial charge in [0.15, 0.2) is 0 Å². The van der Waals surface area contributed by atoms with Crippen molar-refractivity contribution in [2.75, 3.05) is 0 Å². The van der Waals surface area contributed by atoms with Crippen LogP contribution < -0.4 is 0 Å². The van der Waals surface area contributed by atoms with E-state index in [9.17, 15) is 22.8 Å². The number of hydrogen-bond donors (Lipinski definition) is 0. The summed E-state index contributed by atoms with van der Waals surface area (Å²) >= 11 is 0. The SMILES string of the molecule is O=C(C(=O)c1cccnc1-c1ccccc1C(F)(F)F)c1cccnc1-c1ccoc1. The molecule has 0 saturated heterocycles. The third-order valence-corrected chi connectivity index (χ3v) is 4.59. The van der Waals surface area contributed by atoms with Gasteiger partial charge in [-0.1, -0.05) is 18.2 Å². The lowest BCUT2D eigenvalue weighted by atomic mass is 9.93. The first-order chi connectivity index (χ1) is 14.9. The summed E-state index contributed by atoms with van der Waals surface area (Å²) in [5.74, 6) is -1.90. The smallest absolute Gasteiger partial charge is 0.417 e. The van der Waals surface area contributed by atoms with Crippen LogP contribution in [-0.2, 0) is 6.18 Å². The number of alkyl halides is 3. The van der Waals surface area contributed by atoms with Gasteiger partial charge in [-0.3, -0.25) is 19.6 Å². The molecule has 0 aliphatic rings. The fourth-order valence-corrected chi connectivity index (χ4v) is 3.20. The Balaban J connectivity index is 1.81. The van der Waals surface area contributed by atoms with Gasteiger partial charge in [0.25, 0.3) is 0 Å². The van der Waals surface area contributed by atoms with Crippen molar-refractivity contribution in [2.24, 2.45) is 0 Å². The van der Waals surface area contributed by atoms with Crippen LogP contribution in [-0.4, -0.2) is 21.5 Å². The normalized spacial score (nSPS) is 11.3. The number of ketones is 2. The van der Waals surface area contributed by atoms with E-state index in [1.807, 2.05) is 0 Å². The summed E-state index contributed by atoms with van der Waals surface area (Å²) in [6.07, 6.45) is 0.839. The molecule has 0 atom stereocenters. The van der Waals surface area contributed by atoms with Gasteiger partial charge >= 0.3 is 6.18 Å². The Bertz CT molecular complexity index is 1270. The Morgan fingerprint density at radius 3 is 2.00 bits per heavy atom. The van der Waals surface area contributed by atoms with E-state index in [0.29, 0.717) is 5.56 Å². The Kier molecular flexibility index (Phi) is 5.21. The lowest BCUT2D eigenvalue weighted by Gasteiger charge is -2.14. The average molecular weight is 422 g/mol. The van der Waals surface area contributed by atoms with Crippen LogP contribution in [0.15, 0.2) is 83.9 Å². The largest absolute Gasteiger partial charge is 0.472 e. The van der Waals surface area contributed by atoms with Gasteiger partial charge in [-0.15, -0.1) is 0 Å². The van der Waals surface area contributed by atoms with Crippen LogP contribution in [0.1, 0.15) is 26.3 Å². The number of benzene rings is 1. The first kappa shape index (κ1) is 20.2. The molecule has 0 fully saturated rings. The molecule has 1 aromatic carbocycles. The molecule has 3 aromatic heterocycles. The summed E-state index contributed by atoms with van der Waals surface area (Å²) in [6, 6.07) is 11.9. The number of halogens is 3. The van der Waals surface area contributed by atoms with Gasteiger partial charge in [0, 0.05) is 23.5 Å². The molecule has 0 saturated carbocycles. The maximum Gasteiger partial charge on any atom is 0.417 e. The van der Waals surface area contributed by atoms with E-state index in [4.69, 9.17) is 4.42 Å². The van der Waals surface area contributed by atoms with E-state index in [1.54, 1.807) is 6.07 Å². The number of nitrogens with zero attached hydrogens (tertiary/aromatic N) is 2. The number of carbonyl (C=O) groups excluding carboxylic acids is 2. The minimum Gasteiger partial charge on any atom is -0.472 e. The molecule has 0 bridgehead atoms. The Labute approximate surface area is 174 Å². The number of carbonyl (C=O) groups is 2. The van der Waals surface area contributed by atoms with Crippen molar-refractivity contribution < 1.29 is 27.2 Å². The Morgan fingerprint density at radius 2 is 1.39 bits per heavy atom.